The van der Waals surface area contributed by atoms with Crippen LogP contribution in [0.4, 0.5) is 16.2 Å². The number of aryl methyl sites for hydroxylation is 2. The van der Waals surface area contributed by atoms with Crippen LogP contribution < -0.4 is 21.1 Å². The third-order valence-electron chi connectivity index (χ3n) is 4.43. The van der Waals surface area contributed by atoms with Gasteiger partial charge in [0.1, 0.15) is 6.04 Å². The van der Waals surface area contributed by atoms with Crippen molar-refractivity contribution in [2.75, 3.05) is 22.0 Å². The van der Waals surface area contributed by atoms with E-state index in [4.69, 9.17) is 5.73 Å². The Morgan fingerprint density at radius 2 is 1.67 bits per heavy atom. The maximum atomic E-state index is 12.6. The topological polar surface area (TPSA) is 130 Å². The van der Waals surface area contributed by atoms with Gasteiger partial charge in [-0.05, 0) is 79.8 Å². The van der Waals surface area contributed by atoms with Gasteiger partial charge in [-0.1, -0.05) is 6.07 Å². The van der Waals surface area contributed by atoms with Crippen molar-refractivity contribution >= 4 is 45.1 Å². The van der Waals surface area contributed by atoms with E-state index in [9.17, 15) is 18.0 Å². The number of carbonyl (C=O) groups excluding carboxylic acids is 2. The first kappa shape index (κ1) is 23.6. The van der Waals surface area contributed by atoms with E-state index in [2.05, 4.69) is 15.4 Å². The summed E-state index contributed by atoms with van der Waals surface area (Å²) >= 11 is 1.54. The molecule has 1 unspecified atom stereocenters. The van der Waals surface area contributed by atoms with Gasteiger partial charge in [-0.3, -0.25) is 9.52 Å². The number of rotatable bonds is 9. The third kappa shape index (κ3) is 6.67. The highest BCUT2D eigenvalue weighted by molar-refractivity contribution is 7.98. The molecule has 0 aliphatic carbocycles. The van der Waals surface area contributed by atoms with Crippen LogP contribution in [0.5, 0.6) is 0 Å². The highest BCUT2D eigenvalue weighted by Crippen LogP contribution is 2.20. The maximum absolute atomic E-state index is 12.6. The molecule has 10 heteroatoms. The Morgan fingerprint density at radius 1 is 1.03 bits per heavy atom. The number of amides is 3. The highest BCUT2D eigenvalue weighted by Gasteiger charge is 2.20. The first-order valence-corrected chi connectivity index (χ1v) is 12.1. The van der Waals surface area contributed by atoms with Crippen molar-refractivity contribution in [3.8, 4) is 0 Å². The summed E-state index contributed by atoms with van der Waals surface area (Å²) in [4.78, 5) is 23.6. The second-order valence-corrected chi connectivity index (χ2v) is 9.43. The maximum Gasteiger partial charge on any atom is 0.312 e. The van der Waals surface area contributed by atoms with E-state index in [1.807, 2.05) is 26.2 Å². The first-order valence-electron chi connectivity index (χ1n) is 9.18. The zero-order chi connectivity index (χ0) is 22.3. The number of nitrogens with one attached hydrogen (secondary N) is 3. The Balaban J connectivity index is 2.09. The van der Waals surface area contributed by atoms with E-state index >= 15 is 0 Å². The van der Waals surface area contributed by atoms with Gasteiger partial charge in [0.15, 0.2) is 0 Å². The molecule has 3 amide bonds. The van der Waals surface area contributed by atoms with E-state index in [-0.39, 0.29) is 4.90 Å². The molecule has 5 N–H and O–H groups in total. The summed E-state index contributed by atoms with van der Waals surface area (Å²) in [6.45, 7) is 3.86. The second kappa shape index (κ2) is 10.4. The summed E-state index contributed by atoms with van der Waals surface area (Å²) in [7, 11) is -3.77. The normalized spacial score (nSPS) is 12.1. The summed E-state index contributed by atoms with van der Waals surface area (Å²) in [6, 6.07) is 9.54. The molecule has 0 aliphatic heterocycles. The van der Waals surface area contributed by atoms with Crippen LogP contribution in [0.1, 0.15) is 17.5 Å². The lowest BCUT2D eigenvalue weighted by Crippen LogP contribution is -2.46. The van der Waals surface area contributed by atoms with Crippen LogP contribution in [-0.4, -0.2) is 38.4 Å². The summed E-state index contributed by atoms with van der Waals surface area (Å²) in [6.07, 6.45) is 2.31. The van der Waals surface area contributed by atoms with Crippen LogP contribution in [0.3, 0.4) is 0 Å². The molecule has 0 fully saturated rings. The van der Waals surface area contributed by atoms with Crippen molar-refractivity contribution in [1.29, 1.82) is 0 Å². The van der Waals surface area contributed by atoms with Gasteiger partial charge in [-0.2, -0.15) is 11.8 Å². The Morgan fingerprint density at radius 3 is 2.23 bits per heavy atom. The van der Waals surface area contributed by atoms with Crippen LogP contribution in [0.2, 0.25) is 0 Å². The molecule has 0 radical (unpaired) electrons. The van der Waals surface area contributed by atoms with Gasteiger partial charge in [-0.25, -0.2) is 13.2 Å². The van der Waals surface area contributed by atoms with Gasteiger partial charge >= 0.3 is 6.03 Å². The Bertz CT molecular complexity index is 1010. The lowest BCUT2D eigenvalue weighted by Gasteiger charge is -2.17. The van der Waals surface area contributed by atoms with Crippen molar-refractivity contribution < 1.29 is 18.0 Å². The lowest BCUT2D eigenvalue weighted by molar-refractivity contribution is -0.117. The highest BCUT2D eigenvalue weighted by atomic mass is 32.2. The van der Waals surface area contributed by atoms with Crippen molar-refractivity contribution in [1.82, 2.24) is 5.32 Å². The fraction of sp³-hybridized carbons (Fsp3) is 0.300. The Kier molecular flexibility index (Phi) is 8.13. The molecule has 2 rings (SSSR count). The van der Waals surface area contributed by atoms with Crippen LogP contribution >= 0.6 is 11.8 Å². The van der Waals surface area contributed by atoms with E-state index in [0.29, 0.717) is 23.5 Å². The molecule has 0 spiro atoms. The number of urea groups is 1. The first-order chi connectivity index (χ1) is 14.1. The minimum absolute atomic E-state index is 0.0629. The van der Waals surface area contributed by atoms with Gasteiger partial charge in [0.25, 0.3) is 10.0 Å². The van der Waals surface area contributed by atoms with Gasteiger partial charge in [-0.15, -0.1) is 0 Å². The number of nitrogens with two attached hydrogens (primary N) is 1. The molecule has 0 aromatic heterocycles. The number of primary amides is 1. The molecule has 2 aromatic rings. The van der Waals surface area contributed by atoms with Crippen molar-refractivity contribution in [2.24, 2.45) is 5.73 Å². The zero-order valence-corrected chi connectivity index (χ0v) is 18.7. The van der Waals surface area contributed by atoms with Crippen molar-refractivity contribution in [2.45, 2.75) is 31.2 Å². The minimum Gasteiger partial charge on any atom is -0.352 e. The van der Waals surface area contributed by atoms with Crippen molar-refractivity contribution in [3.05, 3.63) is 53.6 Å². The summed E-state index contributed by atoms with van der Waals surface area (Å²) in [5.41, 5.74) is 8.07. The summed E-state index contributed by atoms with van der Waals surface area (Å²) < 4.78 is 27.8. The van der Waals surface area contributed by atoms with Gasteiger partial charge < -0.3 is 16.4 Å². The fourth-order valence-corrected chi connectivity index (χ4v) is 4.16. The smallest absolute Gasteiger partial charge is 0.312 e. The third-order valence-corrected chi connectivity index (χ3v) is 6.48. The number of hydrogen-bond donors (Lipinski definition) is 4. The Labute approximate surface area is 181 Å². The van der Waals surface area contributed by atoms with Crippen molar-refractivity contribution in [3.63, 3.8) is 0 Å². The largest absolute Gasteiger partial charge is 0.352 e. The summed E-state index contributed by atoms with van der Waals surface area (Å²) in [5, 5.41) is 5.08. The van der Waals surface area contributed by atoms with Crippen LogP contribution in [0.15, 0.2) is 47.4 Å². The van der Waals surface area contributed by atoms with Gasteiger partial charge in [0, 0.05) is 11.4 Å². The molecule has 2 aromatic carbocycles. The number of thioether (sulfide) groups is 1. The predicted molar refractivity (Wildman–Crippen MR) is 121 cm³/mol. The molecule has 0 saturated heterocycles. The number of carbonyl (C=O) groups is 2. The van der Waals surface area contributed by atoms with E-state index in [1.165, 1.54) is 24.3 Å². The predicted octanol–water partition coefficient (Wildman–Crippen LogP) is 2.83. The molecule has 0 aliphatic rings. The average Bonchev–Trinajstić information content (AvgIpc) is 2.68. The number of sulfonamides is 1. The molecule has 0 saturated carbocycles. The lowest BCUT2D eigenvalue weighted by atomic mass is 10.1. The number of anilines is 2. The molecular formula is C20H26N4O4S2. The SMILES string of the molecule is CSCCC(NC(N)=O)C(=O)Nc1ccc(S(=O)(=O)Nc2ccc(C)c(C)c2)cc1. The molecule has 0 bridgehead atoms. The average molecular weight is 451 g/mol. The number of benzene rings is 2. The van der Waals surface area contributed by atoms with Gasteiger partial charge in [0.2, 0.25) is 5.91 Å². The quantitative estimate of drug-likeness (QED) is 0.467. The molecule has 0 heterocycles. The van der Waals surface area contributed by atoms with Crippen LogP contribution in [0.25, 0.3) is 0 Å². The second-order valence-electron chi connectivity index (χ2n) is 6.76. The minimum atomic E-state index is -3.77. The van der Waals surface area contributed by atoms with Gasteiger partial charge in [0.05, 0.1) is 4.90 Å². The Hall–Kier alpha value is -2.72. The molecular weight excluding hydrogens is 424 g/mol. The zero-order valence-electron chi connectivity index (χ0n) is 17.1. The van der Waals surface area contributed by atoms with Crippen LogP contribution in [-0.2, 0) is 14.8 Å². The van der Waals surface area contributed by atoms with E-state index < -0.39 is 28.0 Å². The number of hydrogen-bond acceptors (Lipinski definition) is 5. The fourth-order valence-electron chi connectivity index (χ4n) is 2.64. The molecule has 1 atom stereocenters. The monoisotopic (exact) mass is 450 g/mol. The van der Waals surface area contributed by atoms with E-state index in [0.717, 1.165) is 11.1 Å². The molecule has 162 valence electrons. The molecule has 8 nitrogen and oxygen atoms in total. The summed E-state index contributed by atoms with van der Waals surface area (Å²) in [5.74, 6) is 0.242. The van der Waals surface area contributed by atoms with E-state index in [1.54, 1.807) is 23.9 Å². The van der Waals surface area contributed by atoms with Crippen LogP contribution in [0, 0.1) is 13.8 Å². The molecule has 30 heavy (non-hydrogen) atoms. The standard InChI is InChI=1S/C20H26N4O4S2/c1-13-4-5-16(12-14(13)2)24-30(27,28)17-8-6-15(7-9-17)22-19(25)18(10-11-29-3)23-20(21)26/h4-9,12,18,24H,10-11H2,1-3H3,(H,22,25)(H3,21,23,26).